The maximum atomic E-state index is 6.08. The smallest absolute Gasteiger partial charge is 0.156 e. The Balaban J connectivity index is 2.11. The summed E-state index contributed by atoms with van der Waals surface area (Å²) in [6.07, 6.45) is 0.948. The van der Waals surface area contributed by atoms with Crippen molar-refractivity contribution < 1.29 is 4.74 Å². The fourth-order valence-electron chi connectivity index (χ4n) is 2.32. The lowest BCUT2D eigenvalue weighted by Crippen LogP contribution is -2.20. The summed E-state index contributed by atoms with van der Waals surface area (Å²) in [6, 6.07) is 11.9. The van der Waals surface area contributed by atoms with Crippen LogP contribution in [0.1, 0.15) is 12.1 Å². The highest BCUT2D eigenvalue weighted by Gasteiger charge is 2.20. The summed E-state index contributed by atoms with van der Waals surface area (Å²) in [5, 5.41) is 0. The third-order valence-electron chi connectivity index (χ3n) is 3.24. The lowest BCUT2D eigenvalue weighted by molar-refractivity contribution is 0.322. The van der Waals surface area contributed by atoms with Gasteiger partial charge in [0.25, 0.3) is 0 Å². The summed E-state index contributed by atoms with van der Waals surface area (Å²) in [5.41, 5.74) is 8.78. The second-order valence-electron chi connectivity index (χ2n) is 4.69. The van der Waals surface area contributed by atoms with E-state index in [1.165, 1.54) is 0 Å². The van der Waals surface area contributed by atoms with Gasteiger partial charge in [0.2, 0.25) is 0 Å². The highest BCUT2D eigenvalue weighted by Crippen LogP contribution is 2.37. The Kier molecular flexibility index (Phi) is 2.99. The summed E-state index contributed by atoms with van der Waals surface area (Å²) in [5.74, 6) is 1.71. The molecule has 0 spiro atoms. The van der Waals surface area contributed by atoms with Crippen molar-refractivity contribution in [2.45, 2.75) is 13.3 Å². The number of hydrogen-bond donors (Lipinski definition) is 1. The standard InChI is InChI=1S/C15H17N3O/c1-11-7-8-12(16)15(17-11)18-9-4-10-19-14-6-3-2-5-13(14)18/h2-3,5-8H,4,9-10,16H2,1H3. The maximum absolute atomic E-state index is 6.08. The Morgan fingerprint density at radius 1 is 1.21 bits per heavy atom. The van der Waals surface area contributed by atoms with E-state index in [0.29, 0.717) is 5.69 Å². The highest BCUT2D eigenvalue weighted by molar-refractivity contribution is 5.75. The van der Waals surface area contributed by atoms with E-state index in [9.17, 15) is 0 Å². The first-order valence-corrected chi connectivity index (χ1v) is 6.48. The van der Waals surface area contributed by atoms with E-state index >= 15 is 0 Å². The molecule has 4 heteroatoms. The average Bonchev–Trinajstić information content (AvgIpc) is 2.64. The third kappa shape index (κ3) is 2.21. The summed E-state index contributed by atoms with van der Waals surface area (Å²) in [4.78, 5) is 6.73. The summed E-state index contributed by atoms with van der Waals surface area (Å²) in [6.45, 7) is 3.56. The number of ether oxygens (including phenoxy) is 1. The molecular formula is C15H17N3O. The van der Waals surface area contributed by atoms with Gasteiger partial charge in [-0.25, -0.2) is 4.98 Å². The molecule has 0 saturated heterocycles. The van der Waals surface area contributed by atoms with Crippen molar-refractivity contribution in [1.29, 1.82) is 0 Å². The van der Waals surface area contributed by atoms with Crippen LogP contribution >= 0.6 is 0 Å². The van der Waals surface area contributed by atoms with Crippen LogP contribution in [0.3, 0.4) is 0 Å². The normalized spacial score (nSPS) is 14.5. The quantitative estimate of drug-likeness (QED) is 0.851. The van der Waals surface area contributed by atoms with Gasteiger partial charge < -0.3 is 15.4 Å². The number of anilines is 3. The van der Waals surface area contributed by atoms with Gasteiger partial charge in [0.05, 0.1) is 18.0 Å². The number of rotatable bonds is 1. The number of nitrogens with zero attached hydrogens (tertiary/aromatic N) is 2. The second kappa shape index (κ2) is 4.80. The van der Waals surface area contributed by atoms with Crippen molar-refractivity contribution in [3.63, 3.8) is 0 Å². The molecule has 98 valence electrons. The van der Waals surface area contributed by atoms with Gasteiger partial charge in [0, 0.05) is 12.2 Å². The predicted octanol–water partition coefficient (Wildman–Crippen LogP) is 2.89. The van der Waals surface area contributed by atoms with Gasteiger partial charge in [-0.05, 0) is 37.6 Å². The maximum Gasteiger partial charge on any atom is 0.156 e. The molecule has 3 rings (SSSR count). The van der Waals surface area contributed by atoms with E-state index in [1.54, 1.807) is 0 Å². The van der Waals surface area contributed by atoms with Gasteiger partial charge in [-0.2, -0.15) is 0 Å². The second-order valence-corrected chi connectivity index (χ2v) is 4.69. The lowest BCUT2D eigenvalue weighted by Gasteiger charge is -2.24. The Labute approximate surface area is 112 Å². The molecule has 0 unspecified atom stereocenters. The van der Waals surface area contributed by atoms with Crippen LogP contribution in [0.15, 0.2) is 36.4 Å². The minimum atomic E-state index is 0.697. The van der Waals surface area contributed by atoms with Crippen molar-refractivity contribution in [1.82, 2.24) is 4.98 Å². The Hall–Kier alpha value is -2.23. The molecule has 0 amide bonds. The number of para-hydroxylation sites is 2. The minimum Gasteiger partial charge on any atom is -0.491 e. The van der Waals surface area contributed by atoms with Crippen molar-refractivity contribution in [3.05, 3.63) is 42.1 Å². The fraction of sp³-hybridized carbons (Fsp3) is 0.267. The van der Waals surface area contributed by atoms with E-state index < -0.39 is 0 Å². The zero-order valence-electron chi connectivity index (χ0n) is 11.0. The molecule has 0 aliphatic carbocycles. The molecule has 0 fully saturated rings. The monoisotopic (exact) mass is 255 g/mol. The first-order valence-electron chi connectivity index (χ1n) is 6.48. The SMILES string of the molecule is Cc1ccc(N)c(N2CCCOc3ccccc32)n1. The largest absolute Gasteiger partial charge is 0.491 e. The van der Waals surface area contributed by atoms with Gasteiger partial charge in [0.1, 0.15) is 5.75 Å². The first kappa shape index (κ1) is 11.8. The Morgan fingerprint density at radius 3 is 2.95 bits per heavy atom. The summed E-state index contributed by atoms with van der Waals surface area (Å²) < 4.78 is 5.76. The number of fused-ring (bicyclic) bond motifs is 1. The van der Waals surface area contributed by atoms with Gasteiger partial charge in [-0.3, -0.25) is 0 Å². The Bertz CT molecular complexity index is 598. The molecule has 1 aliphatic heterocycles. The molecule has 2 heterocycles. The predicted molar refractivity (Wildman–Crippen MR) is 76.9 cm³/mol. The summed E-state index contributed by atoms with van der Waals surface area (Å²) >= 11 is 0. The molecule has 1 aliphatic rings. The molecule has 4 nitrogen and oxygen atoms in total. The van der Waals surface area contributed by atoms with Crippen LogP contribution < -0.4 is 15.4 Å². The van der Waals surface area contributed by atoms with Gasteiger partial charge in [-0.1, -0.05) is 12.1 Å². The van der Waals surface area contributed by atoms with E-state index in [1.807, 2.05) is 43.3 Å². The van der Waals surface area contributed by atoms with E-state index in [4.69, 9.17) is 10.5 Å². The third-order valence-corrected chi connectivity index (χ3v) is 3.24. The van der Waals surface area contributed by atoms with Crippen molar-refractivity contribution in [2.75, 3.05) is 23.8 Å². The van der Waals surface area contributed by atoms with Gasteiger partial charge >= 0.3 is 0 Å². The fourth-order valence-corrected chi connectivity index (χ4v) is 2.32. The highest BCUT2D eigenvalue weighted by atomic mass is 16.5. The van der Waals surface area contributed by atoms with E-state index in [-0.39, 0.29) is 0 Å². The molecule has 0 bridgehead atoms. The average molecular weight is 255 g/mol. The van der Waals surface area contributed by atoms with Crippen molar-refractivity contribution in [2.24, 2.45) is 0 Å². The molecule has 1 aromatic heterocycles. The van der Waals surface area contributed by atoms with Crippen LogP contribution in [-0.4, -0.2) is 18.1 Å². The molecule has 19 heavy (non-hydrogen) atoms. The van der Waals surface area contributed by atoms with Gasteiger partial charge in [-0.15, -0.1) is 0 Å². The Morgan fingerprint density at radius 2 is 2.05 bits per heavy atom. The number of nitrogen functional groups attached to an aromatic ring is 1. The molecule has 1 aromatic carbocycles. The van der Waals surface area contributed by atoms with Crippen LogP contribution in [0.2, 0.25) is 0 Å². The number of pyridine rings is 1. The molecular weight excluding hydrogens is 238 g/mol. The zero-order valence-corrected chi connectivity index (χ0v) is 11.0. The van der Waals surface area contributed by atoms with E-state index in [0.717, 1.165) is 42.5 Å². The summed E-state index contributed by atoms with van der Waals surface area (Å²) in [7, 11) is 0. The number of hydrogen-bond acceptors (Lipinski definition) is 4. The molecule has 0 radical (unpaired) electrons. The minimum absolute atomic E-state index is 0.697. The van der Waals surface area contributed by atoms with Crippen molar-refractivity contribution in [3.8, 4) is 5.75 Å². The van der Waals surface area contributed by atoms with Crippen LogP contribution in [-0.2, 0) is 0 Å². The zero-order chi connectivity index (χ0) is 13.2. The number of nitrogens with two attached hydrogens (primary N) is 1. The van der Waals surface area contributed by atoms with E-state index in [2.05, 4.69) is 9.88 Å². The van der Waals surface area contributed by atoms with Crippen LogP contribution in [0, 0.1) is 6.92 Å². The van der Waals surface area contributed by atoms with Crippen LogP contribution in [0.4, 0.5) is 17.2 Å². The van der Waals surface area contributed by atoms with Crippen LogP contribution in [0.5, 0.6) is 5.75 Å². The lowest BCUT2D eigenvalue weighted by atomic mass is 10.2. The number of benzene rings is 1. The first-order chi connectivity index (χ1) is 9.25. The number of aryl methyl sites for hydroxylation is 1. The molecule has 0 atom stereocenters. The van der Waals surface area contributed by atoms with Crippen molar-refractivity contribution >= 4 is 17.2 Å². The van der Waals surface area contributed by atoms with Gasteiger partial charge in [0.15, 0.2) is 5.82 Å². The topological polar surface area (TPSA) is 51.4 Å². The molecule has 2 N–H and O–H groups in total. The van der Waals surface area contributed by atoms with Crippen LogP contribution in [0.25, 0.3) is 0 Å². The molecule has 0 saturated carbocycles. The number of aromatic nitrogens is 1. The molecule has 2 aromatic rings.